The van der Waals surface area contributed by atoms with Crippen LogP contribution in [0.2, 0.25) is 0 Å². The highest BCUT2D eigenvalue weighted by molar-refractivity contribution is 5.75. The molecule has 23 heavy (non-hydrogen) atoms. The minimum atomic E-state index is -0.633. The maximum atomic E-state index is 11.9. The Hall–Kier alpha value is -2.06. The van der Waals surface area contributed by atoms with Gasteiger partial charge in [-0.1, -0.05) is 13.8 Å². The number of carbonyl (C=O) groups excluding carboxylic acids is 1. The lowest BCUT2D eigenvalue weighted by atomic mass is 10.1. The van der Waals surface area contributed by atoms with Gasteiger partial charge in [0.2, 0.25) is 0 Å². The predicted octanol–water partition coefficient (Wildman–Crippen LogP) is 0.351. The van der Waals surface area contributed by atoms with Gasteiger partial charge in [-0.15, -0.1) is 0 Å². The number of rotatable bonds is 8. The number of nitrogens with zero attached hydrogens (tertiary/aromatic N) is 4. The van der Waals surface area contributed by atoms with Crippen LogP contribution in [0.25, 0.3) is 11.2 Å². The van der Waals surface area contributed by atoms with Crippen molar-refractivity contribution >= 4 is 17.1 Å². The average molecular weight is 321 g/mol. The van der Waals surface area contributed by atoms with E-state index in [0.717, 1.165) is 0 Å². The quantitative estimate of drug-likeness (QED) is 0.674. The van der Waals surface area contributed by atoms with Gasteiger partial charge in [0.05, 0.1) is 19.1 Å². The van der Waals surface area contributed by atoms with Gasteiger partial charge in [0.1, 0.15) is 17.9 Å². The summed E-state index contributed by atoms with van der Waals surface area (Å²) in [4.78, 5) is 24.2. The smallest absolute Gasteiger partial charge is 0.323 e. The zero-order chi connectivity index (χ0) is 16.8. The third-order valence-electron chi connectivity index (χ3n) is 3.72. The third-order valence-corrected chi connectivity index (χ3v) is 3.72. The standard InChI is InChI=1S/C15H23N5O3/c1-10(2)13(16)15(22)23-7-11(3-4-21)6-20-9-19-12-5-17-8-18-14(12)20/h5,8-11,13,21H,3-4,6-7,16H2,1-2H3/t11-,13+/m1/s1. The number of imidazole rings is 1. The van der Waals surface area contributed by atoms with Crippen molar-refractivity contribution < 1.29 is 14.6 Å². The average Bonchev–Trinajstić information content (AvgIpc) is 2.95. The molecule has 8 heteroatoms. The Morgan fingerprint density at radius 2 is 2.22 bits per heavy atom. The molecule has 0 aliphatic carbocycles. The minimum Gasteiger partial charge on any atom is -0.464 e. The lowest BCUT2D eigenvalue weighted by Crippen LogP contribution is -2.38. The molecule has 3 N–H and O–H groups in total. The number of aliphatic hydroxyl groups is 1. The van der Waals surface area contributed by atoms with E-state index in [0.29, 0.717) is 24.1 Å². The maximum absolute atomic E-state index is 11.9. The summed E-state index contributed by atoms with van der Waals surface area (Å²) in [5.74, 6) is -0.440. The van der Waals surface area contributed by atoms with Gasteiger partial charge < -0.3 is 20.1 Å². The number of fused-ring (bicyclic) bond motifs is 1. The second-order valence-electron chi connectivity index (χ2n) is 5.91. The highest BCUT2D eigenvalue weighted by Crippen LogP contribution is 2.14. The first kappa shape index (κ1) is 17.3. The lowest BCUT2D eigenvalue weighted by molar-refractivity contribution is -0.148. The topological polar surface area (TPSA) is 116 Å². The number of ether oxygens (including phenoxy) is 1. The van der Waals surface area contributed by atoms with Crippen molar-refractivity contribution in [3.8, 4) is 0 Å². The minimum absolute atomic E-state index is 0.0140. The molecule has 0 saturated carbocycles. The fourth-order valence-corrected chi connectivity index (χ4v) is 2.20. The van der Waals surface area contributed by atoms with Gasteiger partial charge in [-0.3, -0.25) is 4.79 Å². The van der Waals surface area contributed by atoms with Crippen molar-refractivity contribution in [1.82, 2.24) is 19.5 Å². The molecular weight excluding hydrogens is 298 g/mol. The summed E-state index contributed by atoms with van der Waals surface area (Å²) in [5, 5.41) is 9.23. The zero-order valence-corrected chi connectivity index (χ0v) is 13.4. The number of esters is 1. The second-order valence-corrected chi connectivity index (χ2v) is 5.91. The monoisotopic (exact) mass is 321 g/mol. The number of nitrogens with two attached hydrogens (primary N) is 1. The molecule has 126 valence electrons. The second kappa shape index (κ2) is 7.98. The Labute approximate surface area is 134 Å². The van der Waals surface area contributed by atoms with E-state index in [-0.39, 0.29) is 25.0 Å². The molecule has 8 nitrogen and oxygen atoms in total. The van der Waals surface area contributed by atoms with Gasteiger partial charge in [0.25, 0.3) is 0 Å². The summed E-state index contributed by atoms with van der Waals surface area (Å²) in [5.41, 5.74) is 7.19. The van der Waals surface area contributed by atoms with Crippen molar-refractivity contribution in [3.05, 3.63) is 18.9 Å². The van der Waals surface area contributed by atoms with E-state index in [1.807, 2.05) is 18.4 Å². The molecule has 2 heterocycles. The molecule has 0 aromatic carbocycles. The van der Waals surface area contributed by atoms with Crippen molar-refractivity contribution in [2.75, 3.05) is 13.2 Å². The van der Waals surface area contributed by atoms with Crippen molar-refractivity contribution in [3.63, 3.8) is 0 Å². The first-order chi connectivity index (χ1) is 11.0. The van der Waals surface area contributed by atoms with Crippen LogP contribution >= 0.6 is 0 Å². The summed E-state index contributed by atoms with van der Waals surface area (Å²) in [7, 11) is 0. The van der Waals surface area contributed by atoms with Gasteiger partial charge in [-0.25, -0.2) is 15.0 Å². The molecule has 0 amide bonds. The predicted molar refractivity (Wildman–Crippen MR) is 84.3 cm³/mol. The fraction of sp³-hybridized carbons (Fsp3) is 0.600. The van der Waals surface area contributed by atoms with E-state index in [9.17, 15) is 9.90 Å². The van der Waals surface area contributed by atoms with Crippen LogP contribution in [0.15, 0.2) is 18.9 Å². The van der Waals surface area contributed by atoms with E-state index in [1.54, 1.807) is 12.5 Å². The molecule has 2 rings (SSSR count). The molecule has 0 fully saturated rings. The molecule has 2 aromatic heterocycles. The van der Waals surface area contributed by atoms with Crippen molar-refractivity contribution in [2.24, 2.45) is 17.6 Å². The van der Waals surface area contributed by atoms with Crippen LogP contribution in [0.5, 0.6) is 0 Å². The summed E-state index contributed by atoms with van der Waals surface area (Å²) >= 11 is 0. The maximum Gasteiger partial charge on any atom is 0.323 e. The van der Waals surface area contributed by atoms with E-state index < -0.39 is 12.0 Å². The third kappa shape index (κ3) is 4.46. The molecule has 2 aromatic rings. The highest BCUT2D eigenvalue weighted by Gasteiger charge is 2.21. The highest BCUT2D eigenvalue weighted by atomic mass is 16.5. The van der Waals surface area contributed by atoms with Crippen LogP contribution in [-0.2, 0) is 16.1 Å². The largest absolute Gasteiger partial charge is 0.464 e. The van der Waals surface area contributed by atoms with Crippen LogP contribution in [0.4, 0.5) is 0 Å². The van der Waals surface area contributed by atoms with Crippen LogP contribution in [0.3, 0.4) is 0 Å². The van der Waals surface area contributed by atoms with Gasteiger partial charge >= 0.3 is 5.97 Å². The molecular formula is C15H23N5O3. The van der Waals surface area contributed by atoms with E-state index in [2.05, 4.69) is 15.0 Å². The Balaban J connectivity index is 2.00. The van der Waals surface area contributed by atoms with E-state index in [4.69, 9.17) is 10.5 Å². The number of hydrogen-bond donors (Lipinski definition) is 2. The van der Waals surface area contributed by atoms with Gasteiger partial charge in [0, 0.05) is 19.1 Å². The van der Waals surface area contributed by atoms with Gasteiger partial charge in [-0.2, -0.15) is 0 Å². The van der Waals surface area contributed by atoms with E-state index in [1.165, 1.54) is 6.33 Å². The number of aromatic nitrogens is 4. The molecule has 0 unspecified atom stereocenters. The Kier molecular flexibility index (Phi) is 6.00. The first-order valence-electron chi connectivity index (χ1n) is 7.66. The zero-order valence-electron chi connectivity index (χ0n) is 13.4. The van der Waals surface area contributed by atoms with Gasteiger partial charge in [0.15, 0.2) is 5.65 Å². The Morgan fingerprint density at radius 3 is 2.91 bits per heavy atom. The molecule has 2 atom stereocenters. The van der Waals surface area contributed by atoms with Gasteiger partial charge in [-0.05, 0) is 12.3 Å². The molecule has 0 aliphatic rings. The number of carbonyl (C=O) groups is 1. The summed E-state index contributed by atoms with van der Waals surface area (Å²) in [6, 6.07) is -0.633. The van der Waals surface area contributed by atoms with E-state index >= 15 is 0 Å². The van der Waals surface area contributed by atoms with Crippen LogP contribution < -0.4 is 5.73 Å². The molecule has 0 spiro atoms. The van der Waals surface area contributed by atoms with Crippen LogP contribution in [0.1, 0.15) is 20.3 Å². The fourth-order valence-electron chi connectivity index (χ4n) is 2.20. The van der Waals surface area contributed by atoms with Crippen molar-refractivity contribution in [2.45, 2.75) is 32.9 Å². The van der Waals surface area contributed by atoms with Crippen LogP contribution in [0, 0.1) is 11.8 Å². The molecule has 0 radical (unpaired) electrons. The number of aliphatic hydroxyl groups excluding tert-OH is 1. The Morgan fingerprint density at radius 1 is 1.43 bits per heavy atom. The summed E-state index contributed by atoms with van der Waals surface area (Å²) < 4.78 is 7.17. The molecule has 0 bridgehead atoms. The normalized spacial score (nSPS) is 14.1. The first-order valence-corrected chi connectivity index (χ1v) is 7.66. The lowest BCUT2D eigenvalue weighted by Gasteiger charge is -2.19. The summed E-state index contributed by atoms with van der Waals surface area (Å²) in [6.07, 6.45) is 5.28. The number of hydrogen-bond acceptors (Lipinski definition) is 7. The molecule has 0 saturated heterocycles. The van der Waals surface area contributed by atoms with Crippen LogP contribution in [-0.4, -0.2) is 49.9 Å². The summed E-state index contributed by atoms with van der Waals surface area (Å²) in [6.45, 7) is 4.49. The Bertz CT molecular complexity index is 643. The molecule has 0 aliphatic heterocycles. The van der Waals surface area contributed by atoms with Crippen molar-refractivity contribution in [1.29, 1.82) is 0 Å². The SMILES string of the molecule is CC(C)[C@H](N)C(=O)OC[C@H](CCO)Cn1cnc2cncnc21.